The van der Waals surface area contributed by atoms with Gasteiger partial charge in [-0.25, -0.2) is 0 Å². The predicted octanol–water partition coefficient (Wildman–Crippen LogP) is 1.02. The zero-order chi connectivity index (χ0) is 14.5. The van der Waals surface area contributed by atoms with Crippen molar-refractivity contribution < 1.29 is 4.79 Å². The van der Waals surface area contributed by atoms with Crippen molar-refractivity contribution in [1.29, 1.82) is 0 Å². The fraction of sp³-hybridized carbons (Fsp3) is 0.600. The van der Waals surface area contributed by atoms with E-state index in [1.165, 1.54) is 0 Å². The molecule has 0 bridgehead atoms. The van der Waals surface area contributed by atoms with E-state index < -0.39 is 0 Å². The van der Waals surface area contributed by atoms with Crippen LogP contribution < -0.4 is 5.73 Å². The van der Waals surface area contributed by atoms with Crippen LogP contribution in [0.15, 0.2) is 24.5 Å². The summed E-state index contributed by atoms with van der Waals surface area (Å²) in [7, 11) is 0. The maximum Gasteiger partial charge on any atom is 0.219 e. The molecule has 0 aromatic carbocycles. The average Bonchev–Trinajstić information content (AvgIpc) is 2.66. The van der Waals surface area contributed by atoms with Crippen LogP contribution in [0, 0.1) is 0 Å². The van der Waals surface area contributed by atoms with Crippen LogP contribution in [0.3, 0.4) is 0 Å². The molecular weight excluding hydrogens is 252 g/mol. The van der Waals surface area contributed by atoms with Gasteiger partial charge in [-0.15, -0.1) is 0 Å². The van der Waals surface area contributed by atoms with E-state index in [4.69, 9.17) is 5.73 Å². The molecule has 2 heterocycles. The number of aromatic nitrogens is 1. The second kappa shape index (κ2) is 6.81. The van der Waals surface area contributed by atoms with Gasteiger partial charge in [-0.1, -0.05) is 6.07 Å². The van der Waals surface area contributed by atoms with E-state index in [1.807, 2.05) is 24.1 Å². The zero-order valence-electron chi connectivity index (χ0n) is 12.3. The Balaban J connectivity index is 2.12. The van der Waals surface area contributed by atoms with Gasteiger partial charge in [-0.05, 0) is 25.0 Å². The number of nitrogens with zero attached hydrogens (tertiary/aromatic N) is 3. The maximum absolute atomic E-state index is 11.5. The molecule has 0 spiro atoms. The molecule has 2 N–H and O–H groups in total. The van der Waals surface area contributed by atoms with Crippen molar-refractivity contribution in [3.8, 4) is 0 Å². The van der Waals surface area contributed by atoms with E-state index in [0.717, 1.165) is 38.2 Å². The quantitative estimate of drug-likeness (QED) is 0.895. The molecule has 110 valence electrons. The lowest BCUT2D eigenvalue weighted by atomic mass is 10.0. The van der Waals surface area contributed by atoms with Gasteiger partial charge in [0.05, 0.1) is 6.04 Å². The van der Waals surface area contributed by atoms with Crippen LogP contribution in [0.2, 0.25) is 0 Å². The van der Waals surface area contributed by atoms with Crippen LogP contribution in [0.5, 0.6) is 0 Å². The summed E-state index contributed by atoms with van der Waals surface area (Å²) in [4.78, 5) is 20.0. The molecule has 1 fully saturated rings. The highest BCUT2D eigenvalue weighted by Gasteiger charge is 2.26. The summed E-state index contributed by atoms with van der Waals surface area (Å²) < 4.78 is 0. The van der Waals surface area contributed by atoms with Gasteiger partial charge in [0.15, 0.2) is 0 Å². The Morgan fingerprint density at radius 1 is 1.35 bits per heavy atom. The Morgan fingerprint density at radius 3 is 2.75 bits per heavy atom. The summed E-state index contributed by atoms with van der Waals surface area (Å²) >= 11 is 0. The summed E-state index contributed by atoms with van der Waals surface area (Å²) in [5.74, 6) is 0.158. The SMILES string of the molecule is CC(=O)N1CCCN(C(c2cccnc2)C(C)N)CC1. The van der Waals surface area contributed by atoms with Crippen molar-refractivity contribution in [2.24, 2.45) is 5.73 Å². The Kier molecular flexibility index (Phi) is 5.09. The van der Waals surface area contributed by atoms with E-state index in [-0.39, 0.29) is 18.0 Å². The third kappa shape index (κ3) is 3.55. The van der Waals surface area contributed by atoms with Gasteiger partial charge in [0, 0.05) is 51.5 Å². The molecule has 1 aliphatic rings. The van der Waals surface area contributed by atoms with Gasteiger partial charge in [0.1, 0.15) is 0 Å². The second-order valence-electron chi connectivity index (χ2n) is 5.49. The van der Waals surface area contributed by atoms with Crippen molar-refractivity contribution in [3.63, 3.8) is 0 Å². The lowest BCUT2D eigenvalue weighted by molar-refractivity contribution is -0.128. The zero-order valence-corrected chi connectivity index (χ0v) is 12.3. The molecule has 0 radical (unpaired) electrons. The number of rotatable bonds is 3. The molecule has 0 aliphatic carbocycles. The molecule has 1 aromatic rings. The number of hydrogen-bond acceptors (Lipinski definition) is 4. The van der Waals surface area contributed by atoms with Gasteiger partial charge in [0.25, 0.3) is 0 Å². The highest BCUT2D eigenvalue weighted by molar-refractivity contribution is 5.73. The van der Waals surface area contributed by atoms with Gasteiger partial charge < -0.3 is 10.6 Å². The number of carbonyl (C=O) groups excluding carboxylic acids is 1. The third-order valence-electron chi connectivity index (χ3n) is 3.89. The molecule has 5 nitrogen and oxygen atoms in total. The minimum absolute atomic E-state index is 0.0306. The minimum Gasteiger partial charge on any atom is -0.342 e. The van der Waals surface area contributed by atoms with Crippen molar-refractivity contribution in [1.82, 2.24) is 14.8 Å². The lowest BCUT2D eigenvalue weighted by Gasteiger charge is -2.33. The summed E-state index contributed by atoms with van der Waals surface area (Å²) in [5.41, 5.74) is 7.35. The second-order valence-corrected chi connectivity index (χ2v) is 5.49. The van der Waals surface area contributed by atoms with Crippen LogP contribution in [0.4, 0.5) is 0 Å². The number of nitrogens with two attached hydrogens (primary N) is 1. The molecule has 0 saturated carbocycles. The lowest BCUT2D eigenvalue weighted by Crippen LogP contribution is -2.42. The van der Waals surface area contributed by atoms with Crippen LogP contribution >= 0.6 is 0 Å². The van der Waals surface area contributed by atoms with Gasteiger partial charge in [-0.3, -0.25) is 14.7 Å². The largest absolute Gasteiger partial charge is 0.342 e. The summed E-state index contributed by atoms with van der Waals surface area (Å²) in [5, 5.41) is 0. The van der Waals surface area contributed by atoms with Crippen LogP contribution in [-0.2, 0) is 4.79 Å². The first-order valence-electron chi connectivity index (χ1n) is 7.24. The normalized spacial score (nSPS) is 20.2. The standard InChI is InChI=1S/C15H24N4O/c1-12(16)15(14-5-3-6-17-11-14)19-8-4-7-18(9-10-19)13(2)20/h3,5-6,11-12,15H,4,7-10,16H2,1-2H3. The van der Waals surface area contributed by atoms with Crippen LogP contribution in [-0.4, -0.2) is 52.9 Å². The average molecular weight is 276 g/mol. The molecule has 2 atom stereocenters. The van der Waals surface area contributed by atoms with Crippen molar-refractivity contribution in [2.75, 3.05) is 26.2 Å². The van der Waals surface area contributed by atoms with Crippen molar-refractivity contribution in [3.05, 3.63) is 30.1 Å². The summed E-state index contributed by atoms with van der Waals surface area (Å²) in [6.45, 7) is 7.11. The third-order valence-corrected chi connectivity index (χ3v) is 3.89. The first-order chi connectivity index (χ1) is 9.59. The van der Waals surface area contributed by atoms with Crippen LogP contribution in [0.1, 0.15) is 31.9 Å². The summed E-state index contributed by atoms with van der Waals surface area (Å²) in [6, 6.07) is 4.22. The van der Waals surface area contributed by atoms with E-state index in [0.29, 0.717) is 0 Å². The number of pyridine rings is 1. The van der Waals surface area contributed by atoms with E-state index in [2.05, 4.69) is 16.0 Å². The first-order valence-corrected chi connectivity index (χ1v) is 7.24. The highest BCUT2D eigenvalue weighted by Crippen LogP contribution is 2.24. The topological polar surface area (TPSA) is 62.5 Å². The molecular formula is C15H24N4O. The first kappa shape index (κ1) is 14.9. The number of carbonyl (C=O) groups is 1. The molecule has 2 rings (SSSR count). The van der Waals surface area contributed by atoms with E-state index in [1.54, 1.807) is 13.1 Å². The molecule has 5 heteroatoms. The Bertz CT molecular complexity index is 435. The van der Waals surface area contributed by atoms with E-state index >= 15 is 0 Å². The predicted molar refractivity (Wildman–Crippen MR) is 79.1 cm³/mol. The molecule has 20 heavy (non-hydrogen) atoms. The Labute approximate surface area is 120 Å². The molecule has 1 amide bonds. The van der Waals surface area contributed by atoms with Crippen molar-refractivity contribution in [2.45, 2.75) is 32.4 Å². The van der Waals surface area contributed by atoms with Gasteiger partial charge >= 0.3 is 0 Å². The Hall–Kier alpha value is -1.46. The van der Waals surface area contributed by atoms with Gasteiger partial charge in [-0.2, -0.15) is 0 Å². The molecule has 2 unspecified atom stereocenters. The monoisotopic (exact) mass is 276 g/mol. The number of amides is 1. The Morgan fingerprint density at radius 2 is 2.15 bits per heavy atom. The maximum atomic E-state index is 11.5. The molecule has 1 aromatic heterocycles. The van der Waals surface area contributed by atoms with Gasteiger partial charge in [0.2, 0.25) is 5.91 Å². The molecule has 1 aliphatic heterocycles. The fourth-order valence-electron chi connectivity index (χ4n) is 2.93. The van der Waals surface area contributed by atoms with E-state index in [9.17, 15) is 4.79 Å². The highest BCUT2D eigenvalue weighted by atomic mass is 16.2. The number of hydrogen-bond donors (Lipinski definition) is 1. The summed E-state index contributed by atoms with van der Waals surface area (Å²) in [6.07, 6.45) is 4.66. The van der Waals surface area contributed by atoms with Crippen LogP contribution in [0.25, 0.3) is 0 Å². The minimum atomic E-state index is 0.0306. The smallest absolute Gasteiger partial charge is 0.219 e. The molecule has 1 saturated heterocycles. The fourth-order valence-corrected chi connectivity index (χ4v) is 2.93. The van der Waals surface area contributed by atoms with Crippen molar-refractivity contribution >= 4 is 5.91 Å².